The van der Waals surface area contributed by atoms with Gasteiger partial charge in [-0.1, -0.05) is 28.9 Å². The predicted octanol–water partition coefficient (Wildman–Crippen LogP) is 0.691. The van der Waals surface area contributed by atoms with E-state index in [1.54, 1.807) is 12.1 Å². The highest BCUT2D eigenvalue weighted by Crippen LogP contribution is 2.10. The third kappa shape index (κ3) is 2.34. The van der Waals surface area contributed by atoms with Crippen LogP contribution < -0.4 is 5.46 Å². The van der Waals surface area contributed by atoms with Crippen LogP contribution in [0.4, 0.5) is 0 Å². The van der Waals surface area contributed by atoms with Crippen LogP contribution in [0.15, 0.2) is 22.7 Å². The van der Waals surface area contributed by atoms with E-state index in [1.165, 1.54) is 0 Å². The zero-order valence-electron chi connectivity index (χ0n) is 6.79. The first-order valence-corrected chi connectivity index (χ1v) is 4.58. The van der Waals surface area contributed by atoms with E-state index in [-0.39, 0.29) is 0 Å². The normalized spacial score (nSPS) is 10.0. The van der Waals surface area contributed by atoms with Crippen molar-refractivity contribution >= 4 is 28.5 Å². The highest BCUT2D eigenvalue weighted by atomic mass is 79.9. The molecule has 12 heavy (non-hydrogen) atoms. The predicted molar refractivity (Wildman–Crippen MR) is 53.3 cm³/mol. The highest BCUT2D eigenvalue weighted by Gasteiger charge is 2.11. The molecule has 0 bridgehead atoms. The van der Waals surface area contributed by atoms with Crippen molar-refractivity contribution in [3.63, 3.8) is 0 Å². The third-order valence-corrected chi connectivity index (χ3v) is 2.14. The summed E-state index contributed by atoms with van der Waals surface area (Å²) in [6.45, 7) is 2.02. The average molecular weight is 229 g/mol. The van der Waals surface area contributed by atoms with E-state index in [9.17, 15) is 0 Å². The van der Waals surface area contributed by atoms with Gasteiger partial charge in [0.05, 0.1) is 0 Å². The van der Waals surface area contributed by atoms with Crippen LogP contribution in [0.5, 0.6) is 0 Å². The lowest BCUT2D eigenvalue weighted by molar-refractivity contribution is 0.425. The van der Waals surface area contributed by atoms with Crippen molar-refractivity contribution < 1.29 is 10.0 Å². The van der Waals surface area contributed by atoms with Crippen LogP contribution in [-0.2, 0) is 6.42 Å². The molecule has 0 radical (unpaired) electrons. The minimum atomic E-state index is -1.38. The Hall–Kier alpha value is -0.315. The van der Waals surface area contributed by atoms with Gasteiger partial charge in [0.15, 0.2) is 0 Å². The number of rotatable bonds is 2. The zero-order chi connectivity index (χ0) is 9.14. The molecule has 0 aliphatic carbocycles. The van der Waals surface area contributed by atoms with E-state index in [4.69, 9.17) is 10.0 Å². The molecule has 0 saturated heterocycles. The summed E-state index contributed by atoms with van der Waals surface area (Å²) >= 11 is 3.30. The molecular weight excluding hydrogens is 219 g/mol. The first-order chi connectivity index (χ1) is 5.63. The van der Waals surface area contributed by atoms with Gasteiger partial charge in [-0.2, -0.15) is 0 Å². The number of hydrogen-bond donors (Lipinski definition) is 2. The standard InChI is InChI=1S/C8H10BBrO2/c1-2-6-3-7(9(11)12)5-8(10)4-6/h3-5,11-12H,2H2,1H3. The van der Waals surface area contributed by atoms with Crippen molar-refractivity contribution in [3.8, 4) is 0 Å². The summed E-state index contributed by atoms with van der Waals surface area (Å²) in [7, 11) is -1.38. The molecule has 1 rings (SSSR count). The van der Waals surface area contributed by atoms with Crippen LogP contribution in [-0.4, -0.2) is 17.2 Å². The van der Waals surface area contributed by atoms with Crippen LogP contribution in [0.1, 0.15) is 12.5 Å². The molecule has 1 aromatic carbocycles. The molecular formula is C8H10BBrO2. The first kappa shape index (κ1) is 9.77. The number of halogens is 1. The van der Waals surface area contributed by atoms with Gasteiger partial charge < -0.3 is 10.0 Å². The first-order valence-electron chi connectivity index (χ1n) is 3.79. The van der Waals surface area contributed by atoms with Crippen LogP contribution in [0.3, 0.4) is 0 Å². The summed E-state index contributed by atoms with van der Waals surface area (Å²) < 4.78 is 0.880. The number of hydrogen-bond acceptors (Lipinski definition) is 2. The van der Waals surface area contributed by atoms with Crippen LogP contribution in [0.25, 0.3) is 0 Å². The Kier molecular flexibility index (Phi) is 3.32. The number of aryl methyl sites for hydroxylation is 1. The number of benzene rings is 1. The fourth-order valence-electron chi connectivity index (χ4n) is 1.03. The molecule has 0 aliphatic heterocycles. The highest BCUT2D eigenvalue weighted by molar-refractivity contribution is 9.10. The van der Waals surface area contributed by atoms with E-state index in [0.29, 0.717) is 5.46 Å². The maximum atomic E-state index is 8.90. The van der Waals surface area contributed by atoms with Crippen LogP contribution in [0.2, 0.25) is 0 Å². The minimum Gasteiger partial charge on any atom is -0.423 e. The van der Waals surface area contributed by atoms with Gasteiger partial charge in [0.2, 0.25) is 0 Å². The van der Waals surface area contributed by atoms with E-state index in [1.807, 2.05) is 13.0 Å². The van der Waals surface area contributed by atoms with Gasteiger partial charge in [-0.3, -0.25) is 0 Å². The van der Waals surface area contributed by atoms with Crippen molar-refractivity contribution in [1.29, 1.82) is 0 Å². The van der Waals surface area contributed by atoms with Gasteiger partial charge in [0, 0.05) is 4.47 Å². The Morgan fingerprint density at radius 1 is 1.33 bits per heavy atom. The molecule has 1 aromatic rings. The second kappa shape index (κ2) is 4.07. The fourth-order valence-corrected chi connectivity index (χ4v) is 1.59. The Bertz CT molecular complexity index is 276. The smallest absolute Gasteiger partial charge is 0.423 e. The molecule has 2 nitrogen and oxygen atoms in total. The van der Waals surface area contributed by atoms with E-state index in [0.717, 1.165) is 16.5 Å². The molecule has 2 N–H and O–H groups in total. The quantitative estimate of drug-likeness (QED) is 0.732. The maximum absolute atomic E-state index is 8.90. The molecule has 0 atom stereocenters. The van der Waals surface area contributed by atoms with E-state index in [2.05, 4.69) is 15.9 Å². The zero-order valence-corrected chi connectivity index (χ0v) is 8.37. The van der Waals surface area contributed by atoms with Gasteiger partial charge in [-0.25, -0.2) is 0 Å². The van der Waals surface area contributed by atoms with Gasteiger partial charge in [-0.05, 0) is 29.6 Å². The Balaban J connectivity index is 3.06. The summed E-state index contributed by atoms with van der Waals surface area (Å²) in [5.41, 5.74) is 1.62. The van der Waals surface area contributed by atoms with E-state index < -0.39 is 7.12 Å². The molecule has 0 aromatic heterocycles. The second-order valence-electron chi connectivity index (χ2n) is 2.62. The SMILES string of the molecule is CCc1cc(Br)cc(B(O)O)c1. The van der Waals surface area contributed by atoms with Crippen molar-refractivity contribution in [3.05, 3.63) is 28.2 Å². The van der Waals surface area contributed by atoms with Gasteiger partial charge in [0.1, 0.15) is 0 Å². The molecule has 64 valence electrons. The molecule has 0 fully saturated rings. The van der Waals surface area contributed by atoms with Crippen molar-refractivity contribution in [1.82, 2.24) is 0 Å². The summed E-state index contributed by atoms with van der Waals surface area (Å²) in [6, 6.07) is 5.45. The van der Waals surface area contributed by atoms with Crippen LogP contribution in [0, 0.1) is 0 Å². The lowest BCUT2D eigenvalue weighted by Gasteiger charge is -2.03. The Morgan fingerprint density at radius 3 is 2.50 bits per heavy atom. The van der Waals surface area contributed by atoms with Crippen molar-refractivity contribution in [2.75, 3.05) is 0 Å². The molecule has 0 aliphatic rings. The van der Waals surface area contributed by atoms with Crippen LogP contribution >= 0.6 is 15.9 Å². The molecule has 0 spiro atoms. The summed E-state index contributed by atoms with van der Waals surface area (Å²) in [4.78, 5) is 0. The molecule has 0 unspecified atom stereocenters. The Labute approximate surface area is 80.5 Å². The fraction of sp³-hybridized carbons (Fsp3) is 0.250. The lowest BCUT2D eigenvalue weighted by Crippen LogP contribution is -2.30. The Morgan fingerprint density at radius 2 is 2.00 bits per heavy atom. The van der Waals surface area contributed by atoms with Gasteiger partial charge >= 0.3 is 7.12 Å². The van der Waals surface area contributed by atoms with E-state index >= 15 is 0 Å². The molecule has 4 heteroatoms. The molecule has 0 saturated carbocycles. The minimum absolute atomic E-state index is 0.529. The summed E-state index contributed by atoms with van der Waals surface area (Å²) in [5.74, 6) is 0. The van der Waals surface area contributed by atoms with Gasteiger partial charge in [-0.15, -0.1) is 0 Å². The largest absolute Gasteiger partial charge is 0.488 e. The topological polar surface area (TPSA) is 40.5 Å². The lowest BCUT2D eigenvalue weighted by atomic mass is 9.79. The maximum Gasteiger partial charge on any atom is 0.488 e. The summed E-state index contributed by atoms with van der Waals surface area (Å²) in [6.07, 6.45) is 0.888. The molecule has 0 amide bonds. The summed E-state index contributed by atoms with van der Waals surface area (Å²) in [5, 5.41) is 17.8. The second-order valence-corrected chi connectivity index (χ2v) is 3.54. The third-order valence-electron chi connectivity index (χ3n) is 1.69. The average Bonchev–Trinajstić information content (AvgIpc) is 2.03. The van der Waals surface area contributed by atoms with Gasteiger partial charge in [0.25, 0.3) is 0 Å². The van der Waals surface area contributed by atoms with Crippen molar-refractivity contribution in [2.45, 2.75) is 13.3 Å². The van der Waals surface area contributed by atoms with Crippen molar-refractivity contribution in [2.24, 2.45) is 0 Å². The monoisotopic (exact) mass is 228 g/mol. The molecule has 0 heterocycles.